The number of carbonyl (C=O) groups is 1. The third kappa shape index (κ3) is 4.87. The molecule has 6 rings (SSSR count). The van der Waals surface area contributed by atoms with Crippen molar-refractivity contribution in [2.24, 2.45) is 10.2 Å². The molecular weight excluding hydrogens is 574 g/mol. The monoisotopic (exact) mass is 591 g/mol. The Morgan fingerprint density at radius 1 is 0.977 bits per heavy atom. The number of allylic oxidation sites excluding steroid dienone is 2. The van der Waals surface area contributed by atoms with Gasteiger partial charge in [-0.3, -0.25) is 4.57 Å². The van der Waals surface area contributed by atoms with Gasteiger partial charge in [0.05, 0.1) is 22.5 Å². The number of phenolic OH excluding ortho intramolecular Hbond substituents is 1. The summed E-state index contributed by atoms with van der Waals surface area (Å²) in [7, 11) is 0. The van der Waals surface area contributed by atoms with Crippen molar-refractivity contribution < 1.29 is 47.1 Å². The lowest BCUT2D eigenvalue weighted by Crippen LogP contribution is -2.08. The Labute approximate surface area is 239 Å². The average molecular weight is 591 g/mol. The molecular formula is C30H17F4N3O6. The van der Waals surface area contributed by atoms with Crippen LogP contribution in [-0.4, -0.2) is 38.8 Å². The van der Waals surface area contributed by atoms with Gasteiger partial charge in [0, 0.05) is 23.3 Å². The number of benzene rings is 3. The molecule has 9 nitrogen and oxygen atoms in total. The first-order valence-corrected chi connectivity index (χ1v) is 12.4. The van der Waals surface area contributed by atoms with Gasteiger partial charge in [0.1, 0.15) is 11.5 Å². The first-order valence-electron chi connectivity index (χ1n) is 12.4. The summed E-state index contributed by atoms with van der Waals surface area (Å²) in [5.41, 5.74) is 1.000. The lowest BCUT2D eigenvalue weighted by Gasteiger charge is -2.09. The molecule has 1 aliphatic heterocycles. The zero-order valence-electron chi connectivity index (χ0n) is 21.6. The second-order valence-electron chi connectivity index (χ2n) is 9.25. The molecule has 0 atom stereocenters. The molecule has 0 unspecified atom stereocenters. The van der Waals surface area contributed by atoms with Crippen molar-refractivity contribution in [1.29, 1.82) is 0 Å². The number of carboxylic acids is 1. The molecule has 0 spiro atoms. The summed E-state index contributed by atoms with van der Waals surface area (Å²) in [5, 5.41) is 39.6. The van der Waals surface area contributed by atoms with E-state index in [1.807, 2.05) is 0 Å². The second kappa shape index (κ2) is 10.2. The lowest BCUT2D eigenvalue weighted by molar-refractivity contribution is -0.0878. The average Bonchev–Trinajstić information content (AvgIpc) is 3.45. The van der Waals surface area contributed by atoms with Gasteiger partial charge in [-0.2, -0.15) is 13.2 Å². The van der Waals surface area contributed by atoms with E-state index >= 15 is 0 Å². The Balaban J connectivity index is 1.47. The molecule has 0 saturated heterocycles. The predicted octanol–water partition coefficient (Wildman–Crippen LogP) is 7.66. The van der Waals surface area contributed by atoms with E-state index in [0.717, 1.165) is 30.4 Å². The van der Waals surface area contributed by atoms with Gasteiger partial charge in [0.15, 0.2) is 22.9 Å². The standard InChI is InChI=1S/C30H17F4N3O6/c31-21-9-4-15(12-20(21)29(40)41)18-2-1-3-22(27(18)38)35-36-26-19-8-5-16(30(32,33)34)6-10-23(19)37(28(26)39)17-7-11-24-25(13-17)43-14-42-24/h1-5,7-13,38-39H,14H2,(H,40,41). The Kier molecular flexibility index (Phi) is 6.51. The third-order valence-corrected chi connectivity index (χ3v) is 6.68. The number of para-hydroxylation sites is 1. The van der Waals surface area contributed by atoms with E-state index in [-0.39, 0.29) is 40.6 Å². The van der Waals surface area contributed by atoms with E-state index in [0.29, 0.717) is 17.2 Å². The molecule has 4 aromatic rings. The van der Waals surface area contributed by atoms with Crippen LogP contribution in [0.2, 0.25) is 0 Å². The number of phenols is 1. The Bertz CT molecular complexity index is 1950. The maximum absolute atomic E-state index is 13.9. The number of nitrogens with zero attached hydrogens (tertiary/aromatic N) is 3. The molecule has 0 radical (unpaired) electrons. The minimum Gasteiger partial charge on any atom is -0.505 e. The lowest BCUT2D eigenvalue weighted by atomic mass is 10.0. The van der Waals surface area contributed by atoms with E-state index in [2.05, 4.69) is 16.0 Å². The number of halogens is 4. The van der Waals surface area contributed by atoms with E-state index < -0.39 is 40.7 Å². The number of hydrogen-bond donors (Lipinski definition) is 3. The number of aromatic nitrogens is 1. The number of carboxylic acid groups (broad SMARTS) is 1. The molecule has 0 bridgehead atoms. The Morgan fingerprint density at radius 2 is 1.77 bits per heavy atom. The first-order chi connectivity index (χ1) is 20.5. The Hall–Kier alpha value is -5.81. The van der Waals surface area contributed by atoms with Crippen LogP contribution in [0.3, 0.4) is 0 Å². The number of aromatic carboxylic acids is 1. The summed E-state index contributed by atoms with van der Waals surface area (Å²) < 4.78 is 66.4. The summed E-state index contributed by atoms with van der Waals surface area (Å²) in [6.45, 7) is -0.0214. The molecule has 2 heterocycles. The summed E-state index contributed by atoms with van der Waals surface area (Å²) in [6.07, 6.45) is -1.73. The molecule has 2 aliphatic rings. The van der Waals surface area contributed by atoms with Gasteiger partial charge in [0.2, 0.25) is 12.7 Å². The minimum absolute atomic E-state index is 0.0214. The quantitative estimate of drug-likeness (QED) is 0.124. The van der Waals surface area contributed by atoms with Crippen LogP contribution in [0, 0.1) is 5.82 Å². The highest BCUT2D eigenvalue weighted by Gasteiger charge is 2.33. The summed E-state index contributed by atoms with van der Waals surface area (Å²) in [6, 6.07) is 12.2. The van der Waals surface area contributed by atoms with E-state index in [9.17, 15) is 37.7 Å². The van der Waals surface area contributed by atoms with Gasteiger partial charge in [-0.25, -0.2) is 9.18 Å². The van der Waals surface area contributed by atoms with E-state index in [1.165, 1.54) is 34.9 Å². The van der Waals surface area contributed by atoms with E-state index in [4.69, 9.17) is 9.47 Å². The highest BCUT2D eigenvalue weighted by molar-refractivity contribution is 5.90. The number of aromatic hydroxyl groups is 2. The number of fused-ring (bicyclic) bond motifs is 2. The molecule has 0 amide bonds. The van der Waals surface area contributed by atoms with Crippen LogP contribution in [0.1, 0.15) is 21.6 Å². The van der Waals surface area contributed by atoms with Crippen LogP contribution in [0.4, 0.5) is 28.9 Å². The van der Waals surface area contributed by atoms with Crippen LogP contribution < -0.4 is 9.47 Å². The molecule has 0 saturated carbocycles. The van der Waals surface area contributed by atoms with Crippen molar-refractivity contribution in [2.75, 3.05) is 6.79 Å². The van der Waals surface area contributed by atoms with Crippen LogP contribution in [0.25, 0.3) is 29.0 Å². The van der Waals surface area contributed by atoms with Crippen LogP contribution in [0.5, 0.6) is 23.1 Å². The fourth-order valence-corrected chi connectivity index (χ4v) is 4.62. The fourth-order valence-electron chi connectivity index (χ4n) is 4.62. The maximum atomic E-state index is 13.9. The van der Waals surface area contributed by atoms with Crippen LogP contribution in [-0.2, 0) is 0 Å². The van der Waals surface area contributed by atoms with Crippen molar-refractivity contribution in [3.05, 3.63) is 94.6 Å². The zero-order chi connectivity index (χ0) is 30.5. The summed E-state index contributed by atoms with van der Waals surface area (Å²) >= 11 is 0. The normalized spacial score (nSPS) is 13.7. The van der Waals surface area contributed by atoms with Gasteiger partial charge in [0.25, 0.3) is 0 Å². The van der Waals surface area contributed by atoms with Gasteiger partial charge in [-0.15, -0.1) is 16.0 Å². The largest absolute Gasteiger partial charge is 0.505 e. The van der Waals surface area contributed by atoms with Gasteiger partial charge < -0.3 is 24.8 Å². The van der Waals surface area contributed by atoms with Crippen LogP contribution >= 0.6 is 0 Å². The summed E-state index contributed by atoms with van der Waals surface area (Å²) in [4.78, 5) is 11.4. The number of ether oxygens (including phenoxy) is 2. The molecule has 13 heteroatoms. The van der Waals surface area contributed by atoms with Crippen LogP contribution in [0.15, 0.2) is 82.2 Å². The highest BCUT2D eigenvalue weighted by atomic mass is 19.4. The van der Waals surface area contributed by atoms with Crippen molar-refractivity contribution in [3.63, 3.8) is 0 Å². The topological polar surface area (TPSA) is 126 Å². The van der Waals surface area contributed by atoms with Crippen molar-refractivity contribution in [2.45, 2.75) is 6.18 Å². The predicted molar refractivity (Wildman–Crippen MR) is 145 cm³/mol. The zero-order valence-corrected chi connectivity index (χ0v) is 21.6. The molecule has 216 valence electrons. The molecule has 1 aromatic heterocycles. The molecule has 3 aromatic carbocycles. The van der Waals surface area contributed by atoms with Crippen molar-refractivity contribution in [3.8, 4) is 39.9 Å². The number of azo groups is 1. The van der Waals surface area contributed by atoms with Gasteiger partial charge >= 0.3 is 12.1 Å². The molecule has 1 aliphatic carbocycles. The third-order valence-electron chi connectivity index (χ3n) is 6.68. The number of alkyl halides is 3. The summed E-state index contributed by atoms with van der Waals surface area (Å²) in [5.74, 6) is -2.57. The van der Waals surface area contributed by atoms with Crippen molar-refractivity contribution in [1.82, 2.24) is 4.57 Å². The van der Waals surface area contributed by atoms with E-state index in [1.54, 1.807) is 12.1 Å². The number of hydrogen-bond acceptors (Lipinski definition) is 7. The Morgan fingerprint density at radius 3 is 2.53 bits per heavy atom. The SMILES string of the molecule is O=C(O)c1cc(-c2cccc(N=Nc3c4c(n(-c5ccc6c(c5)OCO6)c3O)C=C=C(C(F)(F)F)C=C4)c2O)ccc1F. The highest BCUT2D eigenvalue weighted by Crippen LogP contribution is 2.45. The smallest absolute Gasteiger partial charge is 0.423 e. The minimum atomic E-state index is -4.70. The molecule has 3 N–H and O–H groups in total. The number of rotatable bonds is 5. The van der Waals surface area contributed by atoms with Crippen molar-refractivity contribution >= 4 is 29.5 Å². The van der Waals surface area contributed by atoms with Gasteiger partial charge in [-0.1, -0.05) is 18.2 Å². The fraction of sp³-hybridized carbons (Fsp3) is 0.0667. The first kappa shape index (κ1) is 27.4. The maximum Gasteiger partial charge on any atom is 0.423 e. The second-order valence-corrected chi connectivity index (χ2v) is 9.25. The molecule has 43 heavy (non-hydrogen) atoms. The molecule has 0 fully saturated rings. The van der Waals surface area contributed by atoms with Gasteiger partial charge in [-0.05, 0) is 48.0 Å².